The van der Waals surface area contributed by atoms with Crippen LogP contribution in [0.1, 0.15) is 32.3 Å². The molecule has 0 aromatic heterocycles. The van der Waals surface area contributed by atoms with E-state index in [4.69, 9.17) is 15.9 Å². The normalized spacial score (nSPS) is 15.6. The molecule has 0 saturated carbocycles. The molecule has 0 heterocycles. The summed E-state index contributed by atoms with van der Waals surface area (Å²) in [6.07, 6.45) is 5.33. The Hall–Kier alpha value is -2.60. The zero-order valence-electron chi connectivity index (χ0n) is 16.5. The standard InChI is InChI=1S/C21H30N4O2/c1-4-6-11-27-21-14-20(17(22)13-18(21)23)24-19-8-7-16(12-15(19)3)25(5-2)9-10-26/h7-8,12-14,22,26H,4-6,9-11,23H2,1-3H3. The number of aryl methyl sites for hydroxylation is 1. The summed E-state index contributed by atoms with van der Waals surface area (Å²) in [5.74, 6) is 0.576. The minimum absolute atomic E-state index is 0.119. The molecule has 1 aromatic carbocycles. The van der Waals surface area contributed by atoms with Crippen molar-refractivity contribution in [2.75, 3.05) is 31.2 Å². The summed E-state index contributed by atoms with van der Waals surface area (Å²) < 4.78 is 5.73. The van der Waals surface area contributed by atoms with Crippen molar-refractivity contribution in [2.24, 2.45) is 10.7 Å². The first-order valence-electron chi connectivity index (χ1n) is 9.46. The zero-order chi connectivity index (χ0) is 19.8. The average molecular weight is 370 g/mol. The highest BCUT2D eigenvalue weighted by atomic mass is 16.5. The Morgan fingerprint density at radius 2 is 2.04 bits per heavy atom. The third-order valence-electron chi connectivity index (χ3n) is 4.42. The summed E-state index contributed by atoms with van der Waals surface area (Å²) in [5, 5.41) is 17.4. The van der Waals surface area contributed by atoms with Gasteiger partial charge in [0, 0.05) is 24.9 Å². The highest BCUT2D eigenvalue weighted by molar-refractivity contribution is 6.50. The van der Waals surface area contributed by atoms with Crippen molar-refractivity contribution >= 4 is 22.8 Å². The van der Waals surface area contributed by atoms with Gasteiger partial charge in [0.25, 0.3) is 0 Å². The molecular weight excluding hydrogens is 340 g/mol. The lowest BCUT2D eigenvalue weighted by Crippen LogP contribution is -2.26. The molecule has 0 bridgehead atoms. The SMILES string of the molecule is CCCCOC1=CC(=Nc2ccc(N(CC)CCO)cc2C)C(=N)C=C1N. The van der Waals surface area contributed by atoms with Crippen LogP contribution in [-0.2, 0) is 4.74 Å². The van der Waals surface area contributed by atoms with Crippen molar-refractivity contribution in [1.82, 2.24) is 0 Å². The van der Waals surface area contributed by atoms with Gasteiger partial charge in [0.2, 0.25) is 0 Å². The second-order valence-electron chi connectivity index (χ2n) is 6.50. The maximum absolute atomic E-state index is 9.20. The highest BCUT2D eigenvalue weighted by Gasteiger charge is 2.16. The minimum Gasteiger partial charge on any atom is -0.491 e. The van der Waals surface area contributed by atoms with Crippen molar-refractivity contribution in [3.05, 3.63) is 47.4 Å². The zero-order valence-corrected chi connectivity index (χ0v) is 16.5. The number of hydrogen-bond donors (Lipinski definition) is 3. The number of anilines is 1. The topological polar surface area (TPSA) is 94.9 Å². The Balaban J connectivity index is 2.27. The number of likely N-dealkylation sites (N-methyl/N-ethyl adjacent to an activating group) is 1. The number of nitrogens with one attached hydrogen (secondary N) is 1. The van der Waals surface area contributed by atoms with E-state index >= 15 is 0 Å². The number of aliphatic hydroxyl groups is 1. The number of unbranched alkanes of at least 4 members (excludes halogenated alkanes) is 1. The van der Waals surface area contributed by atoms with E-state index in [1.165, 1.54) is 0 Å². The van der Waals surface area contributed by atoms with E-state index < -0.39 is 0 Å². The fourth-order valence-corrected chi connectivity index (χ4v) is 2.81. The molecule has 146 valence electrons. The fourth-order valence-electron chi connectivity index (χ4n) is 2.81. The number of rotatable bonds is 9. The molecule has 0 fully saturated rings. The molecule has 0 unspecified atom stereocenters. The summed E-state index contributed by atoms with van der Waals surface area (Å²) >= 11 is 0. The maximum Gasteiger partial charge on any atom is 0.144 e. The molecule has 0 aliphatic heterocycles. The number of allylic oxidation sites excluding steroid dienone is 2. The van der Waals surface area contributed by atoms with Crippen LogP contribution in [-0.4, -0.2) is 42.8 Å². The van der Waals surface area contributed by atoms with E-state index in [-0.39, 0.29) is 12.3 Å². The van der Waals surface area contributed by atoms with E-state index in [9.17, 15) is 5.11 Å². The second-order valence-corrected chi connectivity index (χ2v) is 6.50. The lowest BCUT2D eigenvalue weighted by Gasteiger charge is -2.22. The number of benzene rings is 1. The minimum atomic E-state index is 0.119. The first-order chi connectivity index (χ1) is 13.0. The van der Waals surface area contributed by atoms with Gasteiger partial charge in [-0.15, -0.1) is 0 Å². The van der Waals surface area contributed by atoms with Crippen LogP contribution in [0.5, 0.6) is 0 Å². The third-order valence-corrected chi connectivity index (χ3v) is 4.42. The van der Waals surface area contributed by atoms with Gasteiger partial charge in [-0.2, -0.15) is 0 Å². The van der Waals surface area contributed by atoms with E-state index in [1.54, 1.807) is 12.2 Å². The van der Waals surface area contributed by atoms with Crippen molar-refractivity contribution in [3.8, 4) is 0 Å². The summed E-state index contributed by atoms with van der Waals surface area (Å²) in [4.78, 5) is 6.76. The Kier molecular flexibility index (Phi) is 7.61. The maximum atomic E-state index is 9.20. The predicted octanol–water partition coefficient (Wildman–Crippen LogP) is 3.46. The smallest absolute Gasteiger partial charge is 0.144 e. The molecule has 1 aromatic rings. The number of aliphatic hydroxyl groups excluding tert-OH is 1. The van der Waals surface area contributed by atoms with Crippen LogP contribution < -0.4 is 10.6 Å². The molecule has 6 heteroatoms. The van der Waals surface area contributed by atoms with Gasteiger partial charge in [-0.25, -0.2) is 4.99 Å². The Morgan fingerprint density at radius 1 is 1.26 bits per heavy atom. The number of nitrogens with zero attached hydrogens (tertiary/aromatic N) is 2. The molecule has 4 N–H and O–H groups in total. The van der Waals surface area contributed by atoms with Crippen LogP contribution in [0.25, 0.3) is 0 Å². The summed E-state index contributed by atoms with van der Waals surface area (Å²) in [5.41, 5.74) is 10.1. The van der Waals surface area contributed by atoms with Gasteiger partial charge in [-0.05, 0) is 50.1 Å². The van der Waals surface area contributed by atoms with Crippen LogP contribution in [0, 0.1) is 12.3 Å². The molecular formula is C21H30N4O2. The van der Waals surface area contributed by atoms with Gasteiger partial charge in [0.05, 0.1) is 36.0 Å². The predicted molar refractivity (Wildman–Crippen MR) is 112 cm³/mol. The van der Waals surface area contributed by atoms with Gasteiger partial charge in [-0.1, -0.05) is 13.3 Å². The van der Waals surface area contributed by atoms with Crippen molar-refractivity contribution in [2.45, 2.75) is 33.6 Å². The molecule has 6 nitrogen and oxygen atoms in total. The molecule has 0 spiro atoms. The largest absolute Gasteiger partial charge is 0.491 e. The molecule has 0 amide bonds. The first kappa shape index (κ1) is 20.7. The number of hydrogen-bond acceptors (Lipinski definition) is 6. The van der Waals surface area contributed by atoms with Crippen molar-refractivity contribution in [3.63, 3.8) is 0 Å². The summed E-state index contributed by atoms with van der Waals surface area (Å²) in [6, 6.07) is 5.99. The Labute approximate surface area is 161 Å². The molecule has 27 heavy (non-hydrogen) atoms. The fraction of sp³-hybridized carbons (Fsp3) is 0.429. The number of nitrogens with two attached hydrogens (primary N) is 1. The van der Waals surface area contributed by atoms with Crippen LogP contribution in [0.4, 0.5) is 11.4 Å². The molecule has 0 saturated heterocycles. The van der Waals surface area contributed by atoms with E-state index in [1.807, 2.05) is 19.1 Å². The van der Waals surface area contributed by atoms with Gasteiger partial charge in [0.1, 0.15) is 5.76 Å². The third kappa shape index (κ3) is 5.44. The number of aliphatic imine (C=N–C) groups is 1. The van der Waals surface area contributed by atoms with Crippen LogP contribution in [0.2, 0.25) is 0 Å². The first-order valence-corrected chi connectivity index (χ1v) is 9.46. The monoisotopic (exact) mass is 370 g/mol. The molecule has 1 aliphatic rings. The summed E-state index contributed by atoms with van der Waals surface area (Å²) in [7, 11) is 0. The molecule has 1 aliphatic carbocycles. The van der Waals surface area contributed by atoms with Gasteiger partial charge in [0.15, 0.2) is 0 Å². The average Bonchev–Trinajstić information content (AvgIpc) is 2.64. The Bertz CT molecular complexity index is 765. The van der Waals surface area contributed by atoms with Crippen molar-refractivity contribution in [1.29, 1.82) is 5.41 Å². The lowest BCUT2D eigenvalue weighted by molar-refractivity contribution is 0.215. The van der Waals surface area contributed by atoms with Gasteiger partial charge in [-0.3, -0.25) is 5.41 Å². The Morgan fingerprint density at radius 3 is 2.67 bits per heavy atom. The quantitative estimate of drug-likeness (QED) is 0.458. The lowest BCUT2D eigenvalue weighted by atomic mass is 10.1. The van der Waals surface area contributed by atoms with Crippen LogP contribution in [0.3, 0.4) is 0 Å². The van der Waals surface area contributed by atoms with Crippen molar-refractivity contribution < 1.29 is 9.84 Å². The molecule has 0 atom stereocenters. The van der Waals surface area contributed by atoms with E-state index in [0.29, 0.717) is 30.3 Å². The van der Waals surface area contributed by atoms with Gasteiger partial charge < -0.3 is 20.5 Å². The summed E-state index contributed by atoms with van der Waals surface area (Å²) in [6.45, 7) is 8.30. The highest BCUT2D eigenvalue weighted by Crippen LogP contribution is 2.26. The second kappa shape index (κ2) is 9.92. The van der Waals surface area contributed by atoms with Gasteiger partial charge >= 0.3 is 0 Å². The molecule has 0 radical (unpaired) electrons. The van der Waals surface area contributed by atoms with Crippen LogP contribution >= 0.6 is 0 Å². The van der Waals surface area contributed by atoms with E-state index in [2.05, 4.69) is 29.8 Å². The van der Waals surface area contributed by atoms with Crippen LogP contribution in [0.15, 0.2) is 46.8 Å². The number of ether oxygens (including phenoxy) is 1. The molecule has 2 rings (SSSR count). The van der Waals surface area contributed by atoms with E-state index in [0.717, 1.165) is 36.3 Å².